The quantitative estimate of drug-likeness (QED) is 0.423. The maximum absolute atomic E-state index is 12.9. The second kappa shape index (κ2) is 9.44. The van der Waals surface area contributed by atoms with Gasteiger partial charge in [-0.15, -0.1) is 12.4 Å². The number of amides is 3. The molecule has 1 aromatic carbocycles. The molecule has 1 saturated heterocycles. The van der Waals surface area contributed by atoms with E-state index in [-0.39, 0.29) is 31.5 Å². The van der Waals surface area contributed by atoms with Crippen LogP contribution in [0.5, 0.6) is 11.5 Å². The fraction of sp³-hybridized carbons (Fsp3) is 0.500. The molecule has 2 aliphatic rings. The van der Waals surface area contributed by atoms with E-state index in [1.165, 1.54) is 6.92 Å². The predicted octanol–water partition coefficient (Wildman–Crippen LogP) is 0.846. The van der Waals surface area contributed by atoms with Gasteiger partial charge in [0.1, 0.15) is 5.92 Å². The van der Waals surface area contributed by atoms with Crippen LogP contribution in [0.1, 0.15) is 38.8 Å². The van der Waals surface area contributed by atoms with Crippen molar-refractivity contribution in [1.29, 1.82) is 0 Å². The molecule has 0 aromatic heterocycles. The summed E-state index contributed by atoms with van der Waals surface area (Å²) < 4.78 is 10.6. The van der Waals surface area contributed by atoms with Gasteiger partial charge in [-0.05, 0) is 23.6 Å². The van der Waals surface area contributed by atoms with E-state index in [0.29, 0.717) is 17.1 Å². The summed E-state index contributed by atoms with van der Waals surface area (Å²) in [5.74, 6) is -2.92. The molecule has 1 unspecified atom stereocenters. The van der Waals surface area contributed by atoms with Crippen LogP contribution < -0.4 is 25.8 Å². The number of hydrogen-bond donors (Lipinski definition) is 3. The first-order valence-corrected chi connectivity index (χ1v) is 9.52. The molecule has 4 N–H and O–H groups in total. The number of carbonyl (C=O) groups is 4. The standard InChI is InChI=1S/C20H25N3O6.ClH/c1-9(2)17(18(25)16-10(3)19(26)23-20(16)27)22-15(24)7-12(21)11-4-5-13-14(6-11)29-8-28-13;/h4-6,9-10,12,16-17H,7-8,21H2,1-3H3,(H,22,24)(H,23,26,27);1H/t10-,12?,16+,17-;/m0./s1. The van der Waals surface area contributed by atoms with Crippen molar-refractivity contribution >= 4 is 35.9 Å². The van der Waals surface area contributed by atoms with Crippen molar-refractivity contribution in [2.75, 3.05) is 6.79 Å². The molecule has 0 bridgehead atoms. The number of rotatable bonds is 7. The van der Waals surface area contributed by atoms with Gasteiger partial charge in [-0.1, -0.05) is 26.8 Å². The largest absolute Gasteiger partial charge is 0.454 e. The Kier molecular flexibility index (Phi) is 7.44. The Morgan fingerprint density at radius 2 is 1.87 bits per heavy atom. The molecule has 3 rings (SSSR count). The molecular weight excluding hydrogens is 414 g/mol. The van der Waals surface area contributed by atoms with E-state index in [0.717, 1.165) is 0 Å². The lowest BCUT2D eigenvalue weighted by Crippen LogP contribution is -2.49. The molecular formula is C20H26ClN3O6. The molecule has 0 radical (unpaired) electrons. The predicted molar refractivity (Wildman–Crippen MR) is 109 cm³/mol. The van der Waals surface area contributed by atoms with Crippen molar-refractivity contribution < 1.29 is 28.7 Å². The molecule has 164 valence electrons. The van der Waals surface area contributed by atoms with Crippen molar-refractivity contribution in [3.05, 3.63) is 23.8 Å². The summed E-state index contributed by atoms with van der Waals surface area (Å²) in [5.41, 5.74) is 6.85. The minimum absolute atomic E-state index is 0. The second-order valence-electron chi connectivity index (χ2n) is 7.73. The number of ketones is 1. The Balaban J connectivity index is 0.00000320. The molecule has 2 aliphatic heterocycles. The van der Waals surface area contributed by atoms with Crippen molar-refractivity contribution in [2.45, 2.75) is 39.3 Å². The lowest BCUT2D eigenvalue weighted by atomic mass is 9.85. The van der Waals surface area contributed by atoms with E-state index in [2.05, 4.69) is 10.6 Å². The highest BCUT2D eigenvalue weighted by Crippen LogP contribution is 2.34. The summed E-state index contributed by atoms with van der Waals surface area (Å²) in [6.45, 7) is 5.19. The van der Waals surface area contributed by atoms with Gasteiger partial charge in [-0.25, -0.2) is 0 Å². The maximum Gasteiger partial charge on any atom is 0.238 e. The monoisotopic (exact) mass is 439 g/mol. The molecule has 4 atom stereocenters. The van der Waals surface area contributed by atoms with Crippen LogP contribution in [0, 0.1) is 17.8 Å². The summed E-state index contributed by atoms with van der Waals surface area (Å²) in [5, 5.41) is 4.85. The molecule has 0 spiro atoms. The number of imide groups is 1. The Bertz CT molecular complexity index is 859. The number of nitrogens with two attached hydrogens (primary N) is 1. The summed E-state index contributed by atoms with van der Waals surface area (Å²) in [6, 6.07) is 3.71. The van der Waals surface area contributed by atoms with Crippen LogP contribution >= 0.6 is 12.4 Å². The number of fused-ring (bicyclic) bond motifs is 1. The van der Waals surface area contributed by atoms with E-state index < -0.39 is 47.4 Å². The minimum atomic E-state index is -1.10. The van der Waals surface area contributed by atoms with Gasteiger partial charge in [-0.3, -0.25) is 24.5 Å². The molecule has 30 heavy (non-hydrogen) atoms. The SMILES string of the molecule is CC(C)[C@H](NC(=O)CC(N)c1ccc2c(c1)OCO2)C(=O)[C@@H]1C(=O)NC(=O)[C@H]1C.Cl. The number of ether oxygens (including phenoxy) is 2. The highest BCUT2D eigenvalue weighted by atomic mass is 35.5. The van der Waals surface area contributed by atoms with Gasteiger partial charge in [0.25, 0.3) is 0 Å². The van der Waals surface area contributed by atoms with Crippen LogP contribution in [0.2, 0.25) is 0 Å². The van der Waals surface area contributed by atoms with Crippen molar-refractivity contribution in [3.8, 4) is 11.5 Å². The fourth-order valence-electron chi connectivity index (χ4n) is 3.52. The Hall–Kier alpha value is -2.65. The van der Waals surface area contributed by atoms with E-state index in [1.54, 1.807) is 32.0 Å². The van der Waals surface area contributed by atoms with Gasteiger partial charge < -0.3 is 20.5 Å². The van der Waals surface area contributed by atoms with Gasteiger partial charge >= 0.3 is 0 Å². The molecule has 9 nitrogen and oxygen atoms in total. The summed E-state index contributed by atoms with van der Waals surface area (Å²) in [7, 11) is 0. The highest BCUT2D eigenvalue weighted by molar-refractivity contribution is 6.16. The first-order valence-electron chi connectivity index (χ1n) is 9.52. The third-order valence-corrected chi connectivity index (χ3v) is 5.27. The third kappa shape index (κ3) is 4.73. The Morgan fingerprint density at radius 1 is 1.20 bits per heavy atom. The van der Waals surface area contributed by atoms with Gasteiger partial charge in [-0.2, -0.15) is 0 Å². The van der Waals surface area contributed by atoms with Crippen molar-refractivity contribution in [1.82, 2.24) is 10.6 Å². The van der Waals surface area contributed by atoms with Gasteiger partial charge in [0.2, 0.25) is 24.5 Å². The third-order valence-electron chi connectivity index (χ3n) is 5.27. The molecule has 1 aromatic rings. The molecule has 3 amide bonds. The molecule has 0 saturated carbocycles. The van der Waals surface area contributed by atoms with Crippen molar-refractivity contribution in [2.24, 2.45) is 23.5 Å². The van der Waals surface area contributed by atoms with Crippen LogP contribution in [0.15, 0.2) is 18.2 Å². The number of Topliss-reactive ketones (excluding diaryl/α,β-unsaturated/α-hetero) is 1. The van der Waals surface area contributed by atoms with Crippen LogP contribution in [-0.2, 0) is 19.2 Å². The number of hydrogen-bond acceptors (Lipinski definition) is 7. The molecule has 2 heterocycles. The number of nitrogens with one attached hydrogen (secondary N) is 2. The smallest absolute Gasteiger partial charge is 0.238 e. The van der Waals surface area contributed by atoms with Gasteiger partial charge in [0, 0.05) is 12.5 Å². The van der Waals surface area contributed by atoms with E-state index in [4.69, 9.17) is 15.2 Å². The fourth-order valence-corrected chi connectivity index (χ4v) is 3.52. The van der Waals surface area contributed by atoms with E-state index in [1.807, 2.05) is 0 Å². The molecule has 1 fully saturated rings. The first-order chi connectivity index (χ1) is 13.7. The number of benzene rings is 1. The minimum Gasteiger partial charge on any atom is -0.454 e. The Morgan fingerprint density at radius 3 is 2.47 bits per heavy atom. The zero-order valence-corrected chi connectivity index (χ0v) is 17.8. The zero-order valence-electron chi connectivity index (χ0n) is 17.0. The molecule has 10 heteroatoms. The second-order valence-corrected chi connectivity index (χ2v) is 7.73. The zero-order chi connectivity index (χ0) is 21.3. The summed E-state index contributed by atoms with van der Waals surface area (Å²) >= 11 is 0. The Labute approximate surface area is 180 Å². The van der Waals surface area contributed by atoms with Crippen LogP contribution in [0.25, 0.3) is 0 Å². The maximum atomic E-state index is 12.9. The number of carbonyl (C=O) groups excluding carboxylic acids is 4. The van der Waals surface area contributed by atoms with Gasteiger partial charge in [0.05, 0.1) is 12.0 Å². The number of halogens is 1. The summed E-state index contributed by atoms with van der Waals surface area (Å²) in [4.78, 5) is 49.1. The topological polar surface area (TPSA) is 137 Å². The van der Waals surface area contributed by atoms with Crippen LogP contribution in [0.4, 0.5) is 0 Å². The van der Waals surface area contributed by atoms with E-state index >= 15 is 0 Å². The van der Waals surface area contributed by atoms with E-state index in [9.17, 15) is 19.2 Å². The van der Waals surface area contributed by atoms with Crippen LogP contribution in [-0.4, -0.2) is 36.3 Å². The van der Waals surface area contributed by atoms with Crippen LogP contribution in [0.3, 0.4) is 0 Å². The normalized spacial score (nSPS) is 21.6. The highest BCUT2D eigenvalue weighted by Gasteiger charge is 2.46. The average Bonchev–Trinajstić information content (AvgIpc) is 3.22. The lowest BCUT2D eigenvalue weighted by Gasteiger charge is -2.25. The van der Waals surface area contributed by atoms with Crippen molar-refractivity contribution in [3.63, 3.8) is 0 Å². The average molecular weight is 440 g/mol. The lowest BCUT2D eigenvalue weighted by molar-refractivity contribution is -0.137. The van der Waals surface area contributed by atoms with Gasteiger partial charge in [0.15, 0.2) is 17.3 Å². The molecule has 0 aliphatic carbocycles. The first kappa shape index (κ1) is 23.6. The summed E-state index contributed by atoms with van der Waals surface area (Å²) in [6.07, 6.45) is -0.0541.